The van der Waals surface area contributed by atoms with Gasteiger partial charge in [0.05, 0.1) is 6.10 Å². The Labute approximate surface area is 74.1 Å². The summed E-state index contributed by atoms with van der Waals surface area (Å²) in [6, 6.07) is 0. The summed E-state index contributed by atoms with van der Waals surface area (Å²) >= 11 is 2.06. The largest absolute Gasteiger partial charge is 0.388 e. The maximum absolute atomic E-state index is 9.13. The van der Waals surface area contributed by atoms with E-state index in [9.17, 15) is 0 Å². The topological polar surface area (TPSA) is 66.5 Å². The summed E-state index contributed by atoms with van der Waals surface area (Å²) in [5.41, 5.74) is 5.76. The Morgan fingerprint density at radius 3 is 2.50 bits per heavy atom. The summed E-state index contributed by atoms with van der Waals surface area (Å²) < 4.78 is 0.618. The number of nitrogens with two attached hydrogens (primary N) is 1. The van der Waals surface area contributed by atoms with Crippen molar-refractivity contribution in [2.24, 2.45) is 5.73 Å². The zero-order valence-corrected chi connectivity index (χ0v) is 7.95. The first-order valence-electron chi connectivity index (χ1n) is 2.94. The fraction of sp³-hybridized carbons (Fsp3) is 0.667. The first kappa shape index (κ1) is 10.3. The highest BCUT2D eigenvalue weighted by molar-refractivity contribution is 14.1. The van der Waals surface area contributed by atoms with Crippen LogP contribution >= 0.6 is 22.6 Å². The van der Waals surface area contributed by atoms with Crippen molar-refractivity contribution >= 4 is 22.6 Å². The minimum absolute atomic E-state index is 0.487. The smallest absolute Gasteiger partial charge is 0.121 e. The monoisotopic (exact) mass is 257 g/mol. The molecule has 4 N–H and O–H groups in total. The molecule has 0 aromatic carbocycles. The van der Waals surface area contributed by atoms with Gasteiger partial charge in [-0.3, -0.25) is 0 Å². The Kier molecular flexibility index (Phi) is 5.24. The highest BCUT2D eigenvalue weighted by atomic mass is 127. The molecule has 0 amide bonds. The first-order chi connectivity index (χ1) is 4.57. The lowest BCUT2D eigenvalue weighted by molar-refractivity contribution is 0.216. The Bertz CT molecular complexity index is 125. The summed E-state index contributed by atoms with van der Waals surface area (Å²) in [6.45, 7) is 1.74. The molecule has 0 saturated carbocycles. The van der Waals surface area contributed by atoms with Gasteiger partial charge in [0, 0.05) is 4.43 Å². The van der Waals surface area contributed by atoms with Gasteiger partial charge in [0.25, 0.3) is 0 Å². The molecule has 1 unspecified atom stereocenters. The highest BCUT2D eigenvalue weighted by Crippen LogP contribution is 2.04. The SMILES string of the molecule is C/C(=C/C(N)O)[C@H](O)CI. The molecule has 0 aromatic rings. The van der Waals surface area contributed by atoms with Crippen LogP contribution in [-0.2, 0) is 0 Å². The van der Waals surface area contributed by atoms with Gasteiger partial charge < -0.3 is 15.9 Å². The van der Waals surface area contributed by atoms with E-state index in [1.54, 1.807) is 6.92 Å². The van der Waals surface area contributed by atoms with Crippen LogP contribution in [0.25, 0.3) is 0 Å². The molecule has 0 aliphatic carbocycles. The summed E-state index contributed by atoms with van der Waals surface area (Å²) in [6.07, 6.45) is -0.0139. The third-order valence-electron chi connectivity index (χ3n) is 1.11. The molecule has 3 nitrogen and oxygen atoms in total. The number of alkyl halides is 1. The molecule has 60 valence electrons. The molecule has 2 atom stereocenters. The van der Waals surface area contributed by atoms with E-state index in [4.69, 9.17) is 15.9 Å². The van der Waals surface area contributed by atoms with Crippen LogP contribution in [0.4, 0.5) is 0 Å². The van der Waals surface area contributed by atoms with Crippen LogP contribution in [0.15, 0.2) is 11.6 Å². The van der Waals surface area contributed by atoms with Crippen molar-refractivity contribution in [2.45, 2.75) is 19.3 Å². The molecule has 0 aromatic heterocycles. The van der Waals surface area contributed by atoms with Crippen molar-refractivity contribution in [1.29, 1.82) is 0 Å². The molecule has 0 aliphatic rings. The van der Waals surface area contributed by atoms with E-state index < -0.39 is 12.3 Å². The van der Waals surface area contributed by atoms with Gasteiger partial charge in [0.1, 0.15) is 6.23 Å². The van der Waals surface area contributed by atoms with Gasteiger partial charge in [-0.15, -0.1) is 0 Å². The highest BCUT2D eigenvalue weighted by Gasteiger charge is 2.03. The third kappa shape index (κ3) is 4.21. The fourth-order valence-corrected chi connectivity index (χ4v) is 1.20. The van der Waals surface area contributed by atoms with E-state index in [0.717, 1.165) is 0 Å². The Morgan fingerprint density at radius 2 is 2.20 bits per heavy atom. The molecule has 0 rings (SSSR count). The average molecular weight is 257 g/mol. The predicted molar refractivity (Wildman–Crippen MR) is 48.8 cm³/mol. The van der Waals surface area contributed by atoms with Gasteiger partial charge in [0.2, 0.25) is 0 Å². The maximum atomic E-state index is 9.13. The molecule has 0 saturated heterocycles. The van der Waals surface area contributed by atoms with Crippen LogP contribution in [0.1, 0.15) is 6.92 Å². The molecule has 0 heterocycles. The van der Waals surface area contributed by atoms with Crippen LogP contribution in [0.2, 0.25) is 0 Å². The van der Waals surface area contributed by atoms with Crippen molar-refractivity contribution in [3.8, 4) is 0 Å². The first-order valence-corrected chi connectivity index (χ1v) is 4.46. The van der Waals surface area contributed by atoms with Crippen molar-refractivity contribution < 1.29 is 10.2 Å². The molecule has 0 aliphatic heterocycles. The van der Waals surface area contributed by atoms with Crippen LogP contribution in [0.3, 0.4) is 0 Å². The van der Waals surface area contributed by atoms with Crippen molar-refractivity contribution in [1.82, 2.24) is 0 Å². The van der Waals surface area contributed by atoms with E-state index in [0.29, 0.717) is 10.0 Å². The van der Waals surface area contributed by atoms with Gasteiger partial charge in [-0.1, -0.05) is 22.6 Å². The normalized spacial score (nSPS) is 18.7. The van der Waals surface area contributed by atoms with E-state index in [1.807, 2.05) is 0 Å². The summed E-state index contributed by atoms with van der Waals surface area (Å²) in [5, 5.41) is 17.8. The molecule has 4 heteroatoms. The number of halogens is 1. The van der Waals surface area contributed by atoms with Crippen molar-refractivity contribution in [3.05, 3.63) is 11.6 Å². The van der Waals surface area contributed by atoms with E-state index in [1.165, 1.54) is 6.08 Å². The second kappa shape index (κ2) is 5.06. The Morgan fingerprint density at radius 1 is 1.70 bits per heavy atom. The van der Waals surface area contributed by atoms with E-state index in [-0.39, 0.29) is 0 Å². The number of aliphatic hydroxyl groups excluding tert-OH is 2. The standard InChI is InChI=1S/C6H12INO2/c1-4(2-6(8)10)5(9)3-7/h2,5-6,9-10H,3,8H2,1H3/b4-2-/t5-,6?/m1/s1. The molecule has 0 bridgehead atoms. The van der Waals surface area contributed by atoms with Gasteiger partial charge in [-0.2, -0.15) is 0 Å². The van der Waals surface area contributed by atoms with Crippen LogP contribution in [0, 0.1) is 0 Å². The number of hydrogen-bond donors (Lipinski definition) is 3. The van der Waals surface area contributed by atoms with E-state index in [2.05, 4.69) is 22.6 Å². The van der Waals surface area contributed by atoms with Crippen LogP contribution < -0.4 is 5.73 Å². The fourth-order valence-electron chi connectivity index (χ4n) is 0.502. The number of rotatable bonds is 3. The predicted octanol–water partition coefficient (Wildman–Crippen LogP) is 0.00570. The minimum Gasteiger partial charge on any atom is -0.388 e. The quantitative estimate of drug-likeness (QED) is 0.289. The van der Waals surface area contributed by atoms with Gasteiger partial charge in [-0.25, -0.2) is 0 Å². The van der Waals surface area contributed by atoms with Crippen molar-refractivity contribution in [2.75, 3.05) is 4.43 Å². The third-order valence-corrected chi connectivity index (χ3v) is 1.94. The average Bonchev–Trinajstić information content (AvgIpc) is 1.85. The second-order valence-corrected chi connectivity index (χ2v) is 2.95. The zero-order valence-electron chi connectivity index (χ0n) is 5.79. The summed E-state index contributed by atoms with van der Waals surface area (Å²) in [7, 11) is 0. The van der Waals surface area contributed by atoms with Crippen LogP contribution in [-0.4, -0.2) is 27.0 Å². The lowest BCUT2D eigenvalue weighted by atomic mass is 10.2. The van der Waals surface area contributed by atoms with Gasteiger partial charge in [-0.05, 0) is 18.6 Å². The number of hydrogen-bond acceptors (Lipinski definition) is 3. The molecule has 0 spiro atoms. The second-order valence-electron chi connectivity index (χ2n) is 2.07. The van der Waals surface area contributed by atoms with E-state index >= 15 is 0 Å². The van der Waals surface area contributed by atoms with Gasteiger partial charge >= 0.3 is 0 Å². The van der Waals surface area contributed by atoms with Crippen LogP contribution in [0.5, 0.6) is 0 Å². The Hall–Kier alpha value is 0.350. The lowest BCUT2D eigenvalue weighted by Crippen LogP contribution is -2.19. The molecule has 0 fully saturated rings. The molecule has 0 radical (unpaired) electrons. The zero-order chi connectivity index (χ0) is 8.15. The summed E-state index contributed by atoms with van der Waals surface area (Å²) in [4.78, 5) is 0. The lowest BCUT2D eigenvalue weighted by Gasteiger charge is -2.07. The number of aliphatic hydroxyl groups is 2. The minimum atomic E-state index is -0.961. The van der Waals surface area contributed by atoms with Crippen molar-refractivity contribution in [3.63, 3.8) is 0 Å². The molecular weight excluding hydrogens is 245 g/mol. The van der Waals surface area contributed by atoms with Gasteiger partial charge in [0.15, 0.2) is 0 Å². The summed E-state index contributed by atoms with van der Waals surface area (Å²) in [5.74, 6) is 0. The molecule has 10 heavy (non-hydrogen) atoms. The maximum Gasteiger partial charge on any atom is 0.121 e. The molecular formula is C6H12INO2. The Balaban J connectivity index is 3.91.